The molecule has 0 aromatic heterocycles. The Balaban J connectivity index is 1.56. The maximum Gasteiger partial charge on any atom is 0.243 e. The molecule has 0 N–H and O–H groups in total. The predicted octanol–water partition coefficient (Wildman–Crippen LogP) is 3.10. The first-order valence-electron chi connectivity index (χ1n) is 8.29. The molecule has 1 heterocycles. The lowest BCUT2D eigenvalue weighted by molar-refractivity contribution is -0.129. The van der Waals surface area contributed by atoms with E-state index >= 15 is 0 Å². The van der Waals surface area contributed by atoms with E-state index in [1.165, 1.54) is 34.6 Å². The van der Waals surface area contributed by atoms with Crippen LogP contribution in [0.15, 0.2) is 58.3 Å². The topological polar surface area (TPSA) is 57.7 Å². The van der Waals surface area contributed by atoms with Crippen LogP contribution >= 0.6 is 23.4 Å². The van der Waals surface area contributed by atoms with Crippen molar-refractivity contribution in [3.63, 3.8) is 0 Å². The van der Waals surface area contributed by atoms with Gasteiger partial charge in [-0.1, -0.05) is 23.7 Å². The van der Waals surface area contributed by atoms with Crippen molar-refractivity contribution < 1.29 is 17.6 Å². The molecule has 1 saturated heterocycles. The lowest BCUT2D eigenvalue weighted by Crippen LogP contribution is -2.50. The predicted molar refractivity (Wildman–Crippen MR) is 104 cm³/mol. The van der Waals surface area contributed by atoms with Crippen LogP contribution in [0.5, 0.6) is 0 Å². The van der Waals surface area contributed by atoms with Crippen molar-refractivity contribution in [2.45, 2.75) is 9.79 Å². The fourth-order valence-corrected chi connectivity index (χ4v) is 5.12. The third-order valence-corrected chi connectivity index (χ3v) is 7.43. The minimum Gasteiger partial charge on any atom is -0.339 e. The maximum atomic E-state index is 13.6. The van der Waals surface area contributed by atoms with E-state index in [2.05, 4.69) is 0 Å². The summed E-state index contributed by atoms with van der Waals surface area (Å²) in [6.45, 7) is 1.06. The fourth-order valence-electron chi connectivity index (χ4n) is 2.73. The molecule has 27 heavy (non-hydrogen) atoms. The molecule has 0 saturated carbocycles. The zero-order valence-electron chi connectivity index (χ0n) is 14.3. The molecule has 1 aliphatic heterocycles. The Morgan fingerprint density at radius 2 is 1.67 bits per heavy atom. The summed E-state index contributed by atoms with van der Waals surface area (Å²) in [6.07, 6.45) is 0. The summed E-state index contributed by atoms with van der Waals surface area (Å²) in [5, 5.41) is 0.469. The zero-order valence-corrected chi connectivity index (χ0v) is 16.7. The lowest BCUT2D eigenvalue weighted by Gasteiger charge is -2.34. The molecule has 0 unspecified atom stereocenters. The van der Waals surface area contributed by atoms with Gasteiger partial charge in [-0.05, 0) is 36.4 Å². The Bertz CT molecular complexity index is 914. The third-order valence-electron chi connectivity index (χ3n) is 4.23. The molecule has 9 heteroatoms. The number of sulfonamides is 1. The number of hydrogen-bond donors (Lipinski definition) is 0. The first kappa shape index (κ1) is 20.1. The van der Waals surface area contributed by atoms with Gasteiger partial charge in [0.15, 0.2) is 0 Å². The number of carbonyl (C=O) groups excluding carboxylic acids is 1. The molecule has 0 bridgehead atoms. The molecule has 0 aliphatic carbocycles. The monoisotopic (exact) mass is 428 g/mol. The molecule has 0 radical (unpaired) electrons. The molecule has 0 atom stereocenters. The molecule has 1 amide bonds. The summed E-state index contributed by atoms with van der Waals surface area (Å²) in [7, 11) is -3.61. The summed E-state index contributed by atoms with van der Waals surface area (Å²) < 4.78 is 40.3. The van der Waals surface area contributed by atoms with E-state index in [1.54, 1.807) is 23.1 Å². The molecule has 2 aromatic rings. The van der Waals surface area contributed by atoms with Gasteiger partial charge < -0.3 is 4.90 Å². The first-order chi connectivity index (χ1) is 12.9. The number of piperazine rings is 1. The number of amides is 1. The van der Waals surface area contributed by atoms with Gasteiger partial charge in [0, 0.05) is 36.1 Å². The van der Waals surface area contributed by atoms with Crippen LogP contribution in [0.3, 0.4) is 0 Å². The van der Waals surface area contributed by atoms with Gasteiger partial charge in [0.1, 0.15) is 5.82 Å². The molecule has 5 nitrogen and oxygen atoms in total. The summed E-state index contributed by atoms with van der Waals surface area (Å²) >= 11 is 6.95. The van der Waals surface area contributed by atoms with Gasteiger partial charge in [-0.25, -0.2) is 12.8 Å². The summed E-state index contributed by atoms with van der Waals surface area (Å²) in [6, 6.07) is 12.3. The van der Waals surface area contributed by atoms with Crippen molar-refractivity contribution in [2.24, 2.45) is 0 Å². The van der Waals surface area contributed by atoms with Crippen LogP contribution in [0.2, 0.25) is 5.02 Å². The molecule has 0 spiro atoms. The minimum atomic E-state index is -3.61. The highest BCUT2D eigenvalue weighted by Crippen LogP contribution is 2.23. The van der Waals surface area contributed by atoms with Crippen molar-refractivity contribution >= 4 is 39.3 Å². The van der Waals surface area contributed by atoms with Crippen molar-refractivity contribution in [1.82, 2.24) is 9.21 Å². The Hall–Kier alpha value is -1.61. The van der Waals surface area contributed by atoms with E-state index in [9.17, 15) is 17.6 Å². The van der Waals surface area contributed by atoms with Crippen LogP contribution in [0.25, 0.3) is 0 Å². The van der Waals surface area contributed by atoms with Crippen LogP contribution in [-0.2, 0) is 14.8 Å². The largest absolute Gasteiger partial charge is 0.339 e. The highest BCUT2D eigenvalue weighted by atomic mass is 35.5. The Morgan fingerprint density at radius 3 is 2.30 bits per heavy atom. The van der Waals surface area contributed by atoms with E-state index < -0.39 is 10.0 Å². The van der Waals surface area contributed by atoms with Crippen molar-refractivity contribution in [2.75, 3.05) is 31.9 Å². The van der Waals surface area contributed by atoms with Gasteiger partial charge in [0.2, 0.25) is 15.9 Å². The second-order valence-electron chi connectivity index (χ2n) is 5.96. The minimum absolute atomic E-state index is 0.116. The van der Waals surface area contributed by atoms with Crippen molar-refractivity contribution in [1.29, 1.82) is 0 Å². The molecular formula is C18H18ClFN2O3S2. The quantitative estimate of drug-likeness (QED) is 0.686. The van der Waals surface area contributed by atoms with Crippen LogP contribution < -0.4 is 0 Å². The Morgan fingerprint density at radius 1 is 1.04 bits per heavy atom. The third kappa shape index (κ3) is 4.82. The van der Waals surface area contributed by atoms with Crippen LogP contribution in [0, 0.1) is 5.82 Å². The number of carbonyl (C=O) groups is 1. The van der Waals surface area contributed by atoms with E-state index in [4.69, 9.17) is 11.6 Å². The van der Waals surface area contributed by atoms with Crippen LogP contribution in [-0.4, -0.2) is 55.5 Å². The van der Waals surface area contributed by atoms with E-state index in [0.717, 1.165) is 11.8 Å². The first-order valence-corrected chi connectivity index (χ1v) is 11.1. The van der Waals surface area contributed by atoms with Crippen molar-refractivity contribution in [3.05, 3.63) is 59.4 Å². The summed E-state index contributed by atoms with van der Waals surface area (Å²) in [5.41, 5.74) is 0. The van der Waals surface area contributed by atoms with E-state index in [-0.39, 0.29) is 35.5 Å². The molecule has 1 fully saturated rings. The number of halogens is 2. The molecule has 3 rings (SSSR count). The smallest absolute Gasteiger partial charge is 0.243 e. The second kappa shape index (κ2) is 8.60. The fraction of sp³-hybridized carbons (Fsp3) is 0.278. The highest BCUT2D eigenvalue weighted by Gasteiger charge is 2.30. The van der Waals surface area contributed by atoms with Gasteiger partial charge in [-0.15, -0.1) is 11.8 Å². The van der Waals surface area contributed by atoms with Crippen LogP contribution in [0.1, 0.15) is 0 Å². The summed E-state index contributed by atoms with van der Waals surface area (Å²) in [5.74, 6) is -0.369. The Labute approximate surface area is 167 Å². The maximum absolute atomic E-state index is 13.6. The van der Waals surface area contributed by atoms with Gasteiger partial charge in [-0.2, -0.15) is 4.31 Å². The van der Waals surface area contributed by atoms with Gasteiger partial charge in [-0.3, -0.25) is 4.79 Å². The normalized spacial score (nSPS) is 15.7. The second-order valence-corrected chi connectivity index (χ2v) is 9.35. The number of rotatable bonds is 5. The SMILES string of the molecule is O=C(CSc1ccccc1F)N1CCN(S(=O)(=O)c2ccc(Cl)cc2)CC1. The average Bonchev–Trinajstić information content (AvgIpc) is 2.67. The molecule has 2 aromatic carbocycles. The van der Waals surface area contributed by atoms with Gasteiger partial charge >= 0.3 is 0 Å². The molecular weight excluding hydrogens is 411 g/mol. The number of thioether (sulfide) groups is 1. The van der Waals surface area contributed by atoms with Crippen LogP contribution in [0.4, 0.5) is 4.39 Å². The number of benzene rings is 2. The Kier molecular flexibility index (Phi) is 6.41. The standard InChI is InChI=1S/C18H18ClFN2O3S2/c19-14-5-7-15(8-6-14)27(24,25)22-11-9-21(10-12-22)18(23)13-26-17-4-2-1-3-16(17)20/h1-8H,9-13H2. The average molecular weight is 429 g/mol. The van der Waals surface area contributed by atoms with Crippen molar-refractivity contribution in [3.8, 4) is 0 Å². The van der Waals surface area contributed by atoms with Gasteiger partial charge in [0.05, 0.1) is 10.6 Å². The zero-order chi connectivity index (χ0) is 19.4. The van der Waals surface area contributed by atoms with E-state index in [0.29, 0.717) is 23.0 Å². The highest BCUT2D eigenvalue weighted by molar-refractivity contribution is 8.00. The summed E-state index contributed by atoms with van der Waals surface area (Å²) in [4.78, 5) is 14.6. The molecule has 1 aliphatic rings. The number of nitrogens with zero attached hydrogens (tertiary/aromatic N) is 2. The van der Waals surface area contributed by atoms with E-state index in [1.807, 2.05) is 0 Å². The lowest BCUT2D eigenvalue weighted by atomic mass is 10.3. The number of hydrogen-bond acceptors (Lipinski definition) is 4. The van der Waals surface area contributed by atoms with Gasteiger partial charge in [0.25, 0.3) is 0 Å². The molecule has 144 valence electrons.